The van der Waals surface area contributed by atoms with Crippen molar-refractivity contribution >= 4 is 22.1 Å². The van der Waals surface area contributed by atoms with E-state index in [1.807, 2.05) is 6.92 Å². The molecule has 31 heavy (non-hydrogen) atoms. The Labute approximate surface area is 177 Å². The first-order chi connectivity index (χ1) is 14.8. The number of aromatic nitrogens is 3. The first kappa shape index (κ1) is 21.9. The molecule has 10 nitrogen and oxygen atoms in total. The molecule has 3 N–H and O–H groups in total. The molecule has 1 amide bonds. The SMILES string of the molecule is CCOc1ccc(-c2cncc(C(=O)N/N=C/c3cc(S(N)(=O)=O)ccc3F)n2)cn1. The van der Waals surface area contributed by atoms with Crippen molar-refractivity contribution in [2.45, 2.75) is 11.8 Å². The van der Waals surface area contributed by atoms with Gasteiger partial charge in [0.05, 0.1) is 35.8 Å². The van der Waals surface area contributed by atoms with Crippen molar-refractivity contribution in [1.29, 1.82) is 0 Å². The van der Waals surface area contributed by atoms with Crippen LogP contribution in [0.2, 0.25) is 0 Å². The largest absolute Gasteiger partial charge is 0.478 e. The number of pyridine rings is 1. The molecule has 160 valence electrons. The highest BCUT2D eigenvalue weighted by Crippen LogP contribution is 2.18. The first-order valence-corrected chi connectivity index (χ1v) is 10.4. The molecule has 0 fully saturated rings. The van der Waals surface area contributed by atoms with Crippen molar-refractivity contribution in [3.8, 4) is 17.1 Å². The maximum atomic E-state index is 13.8. The highest BCUT2D eigenvalue weighted by molar-refractivity contribution is 7.89. The highest BCUT2D eigenvalue weighted by atomic mass is 32.2. The predicted octanol–water partition coefficient (Wildman–Crippen LogP) is 1.49. The van der Waals surface area contributed by atoms with E-state index in [9.17, 15) is 17.6 Å². The monoisotopic (exact) mass is 444 g/mol. The third-order valence-corrected chi connectivity index (χ3v) is 4.77. The fraction of sp³-hybridized carbons (Fsp3) is 0.105. The van der Waals surface area contributed by atoms with Crippen molar-refractivity contribution in [2.24, 2.45) is 10.2 Å². The molecule has 3 rings (SSSR count). The average Bonchev–Trinajstić information content (AvgIpc) is 2.75. The Balaban J connectivity index is 1.74. The number of hydrazone groups is 1. The van der Waals surface area contributed by atoms with Gasteiger partial charge in [-0.3, -0.25) is 9.78 Å². The van der Waals surface area contributed by atoms with Gasteiger partial charge >= 0.3 is 0 Å². The molecular formula is C19H17FN6O4S. The third-order valence-electron chi connectivity index (χ3n) is 3.86. The van der Waals surface area contributed by atoms with E-state index in [0.29, 0.717) is 23.7 Å². The summed E-state index contributed by atoms with van der Waals surface area (Å²) < 4.78 is 41.9. The van der Waals surface area contributed by atoms with E-state index in [1.165, 1.54) is 18.6 Å². The van der Waals surface area contributed by atoms with E-state index in [2.05, 4.69) is 25.5 Å². The fourth-order valence-corrected chi connectivity index (χ4v) is 2.94. The first-order valence-electron chi connectivity index (χ1n) is 8.85. The van der Waals surface area contributed by atoms with E-state index in [-0.39, 0.29) is 16.2 Å². The van der Waals surface area contributed by atoms with Crippen molar-refractivity contribution in [3.05, 3.63) is 66.0 Å². The van der Waals surface area contributed by atoms with Gasteiger partial charge in [-0.25, -0.2) is 33.3 Å². The normalized spacial score (nSPS) is 11.5. The molecule has 0 radical (unpaired) electrons. The van der Waals surface area contributed by atoms with Crippen LogP contribution in [0.5, 0.6) is 5.88 Å². The quantitative estimate of drug-likeness (QED) is 0.414. The predicted molar refractivity (Wildman–Crippen MR) is 109 cm³/mol. The second kappa shape index (κ2) is 9.36. The number of benzene rings is 1. The van der Waals surface area contributed by atoms with E-state index in [1.54, 1.807) is 12.1 Å². The average molecular weight is 444 g/mol. The van der Waals surface area contributed by atoms with Crippen LogP contribution in [-0.2, 0) is 10.0 Å². The zero-order valence-electron chi connectivity index (χ0n) is 16.2. The van der Waals surface area contributed by atoms with Gasteiger partial charge in [-0.15, -0.1) is 0 Å². The van der Waals surface area contributed by atoms with Crippen LogP contribution in [0, 0.1) is 5.82 Å². The number of nitrogens with two attached hydrogens (primary N) is 1. The summed E-state index contributed by atoms with van der Waals surface area (Å²) in [4.78, 5) is 24.3. The molecule has 0 aliphatic rings. The lowest BCUT2D eigenvalue weighted by Gasteiger charge is -2.05. The topological polar surface area (TPSA) is 150 Å². The second-order valence-electron chi connectivity index (χ2n) is 6.04. The lowest BCUT2D eigenvalue weighted by Crippen LogP contribution is -2.19. The Hall–Kier alpha value is -3.77. The van der Waals surface area contributed by atoms with Gasteiger partial charge in [0.15, 0.2) is 0 Å². The molecule has 2 heterocycles. The Morgan fingerprint density at radius 1 is 1.26 bits per heavy atom. The van der Waals surface area contributed by atoms with Crippen LogP contribution in [-0.4, -0.2) is 42.1 Å². The number of rotatable bonds is 7. The number of carbonyl (C=O) groups excluding carboxylic acids is 1. The van der Waals surface area contributed by atoms with Crippen LogP contribution < -0.4 is 15.3 Å². The summed E-state index contributed by atoms with van der Waals surface area (Å²) >= 11 is 0. The summed E-state index contributed by atoms with van der Waals surface area (Å²) in [5, 5.41) is 8.66. The molecule has 3 aromatic rings. The van der Waals surface area contributed by atoms with Gasteiger partial charge in [-0.2, -0.15) is 5.10 Å². The number of amides is 1. The molecule has 0 atom stereocenters. The smallest absolute Gasteiger partial charge is 0.291 e. The number of nitrogens with one attached hydrogen (secondary N) is 1. The molecule has 0 unspecified atom stereocenters. The highest BCUT2D eigenvalue weighted by Gasteiger charge is 2.12. The van der Waals surface area contributed by atoms with Crippen LogP contribution in [0.1, 0.15) is 23.0 Å². The fourth-order valence-electron chi connectivity index (χ4n) is 2.40. The van der Waals surface area contributed by atoms with Crippen molar-refractivity contribution in [2.75, 3.05) is 6.61 Å². The zero-order valence-corrected chi connectivity index (χ0v) is 17.0. The van der Waals surface area contributed by atoms with E-state index in [0.717, 1.165) is 24.4 Å². The van der Waals surface area contributed by atoms with E-state index >= 15 is 0 Å². The van der Waals surface area contributed by atoms with Crippen LogP contribution in [0.25, 0.3) is 11.3 Å². The molecule has 2 aromatic heterocycles. The van der Waals surface area contributed by atoms with Crippen LogP contribution in [0.3, 0.4) is 0 Å². The molecule has 0 aliphatic heterocycles. The van der Waals surface area contributed by atoms with Gasteiger partial charge in [-0.05, 0) is 31.2 Å². The maximum Gasteiger partial charge on any atom is 0.291 e. The summed E-state index contributed by atoms with van der Waals surface area (Å²) in [5.74, 6) is -0.983. The number of carbonyl (C=O) groups is 1. The number of halogens is 1. The van der Waals surface area contributed by atoms with Crippen molar-refractivity contribution in [3.63, 3.8) is 0 Å². The Morgan fingerprint density at radius 3 is 2.74 bits per heavy atom. The van der Waals surface area contributed by atoms with Gasteiger partial charge in [-0.1, -0.05) is 0 Å². The number of sulfonamides is 1. The van der Waals surface area contributed by atoms with Crippen LogP contribution >= 0.6 is 0 Å². The minimum absolute atomic E-state index is 0.0395. The maximum absolute atomic E-state index is 13.8. The van der Waals surface area contributed by atoms with E-state index in [4.69, 9.17) is 9.88 Å². The molecule has 0 spiro atoms. The van der Waals surface area contributed by atoms with Gasteiger partial charge in [0.1, 0.15) is 11.5 Å². The van der Waals surface area contributed by atoms with Gasteiger partial charge in [0, 0.05) is 23.4 Å². The molecule has 0 aliphatic carbocycles. The van der Waals surface area contributed by atoms with Gasteiger partial charge in [0.2, 0.25) is 15.9 Å². The Bertz CT molecular complexity index is 1230. The summed E-state index contributed by atoms with van der Waals surface area (Å²) in [7, 11) is -4.01. The molecule has 1 aromatic carbocycles. The second-order valence-corrected chi connectivity index (χ2v) is 7.60. The minimum Gasteiger partial charge on any atom is -0.478 e. The number of hydrogen-bond acceptors (Lipinski definition) is 8. The summed E-state index contributed by atoms with van der Waals surface area (Å²) in [5.41, 5.74) is 2.99. The summed E-state index contributed by atoms with van der Waals surface area (Å²) in [6.45, 7) is 2.33. The van der Waals surface area contributed by atoms with Crippen molar-refractivity contribution in [1.82, 2.24) is 20.4 Å². The molecule has 0 bridgehead atoms. The Kier molecular flexibility index (Phi) is 6.62. The number of ether oxygens (including phenoxy) is 1. The third kappa shape index (κ3) is 5.65. The van der Waals surface area contributed by atoms with Crippen LogP contribution in [0.4, 0.5) is 4.39 Å². The summed E-state index contributed by atoms with van der Waals surface area (Å²) in [6.07, 6.45) is 5.19. The van der Waals surface area contributed by atoms with Gasteiger partial charge < -0.3 is 4.74 Å². The molecule has 0 saturated heterocycles. The zero-order chi connectivity index (χ0) is 22.4. The lowest BCUT2D eigenvalue weighted by atomic mass is 10.2. The van der Waals surface area contributed by atoms with E-state index < -0.39 is 21.7 Å². The number of nitrogens with zero attached hydrogens (tertiary/aromatic N) is 4. The lowest BCUT2D eigenvalue weighted by molar-refractivity contribution is 0.0950. The summed E-state index contributed by atoms with van der Waals surface area (Å²) in [6, 6.07) is 6.35. The number of primary sulfonamides is 1. The minimum atomic E-state index is -4.01. The molecule has 12 heteroatoms. The van der Waals surface area contributed by atoms with Crippen molar-refractivity contribution < 1.29 is 22.3 Å². The molecular weight excluding hydrogens is 427 g/mol. The number of hydrogen-bond donors (Lipinski definition) is 2. The van der Waals surface area contributed by atoms with Crippen LogP contribution in [0.15, 0.2) is 58.9 Å². The Morgan fingerprint density at radius 2 is 2.06 bits per heavy atom. The van der Waals surface area contributed by atoms with Gasteiger partial charge in [0.25, 0.3) is 5.91 Å². The standard InChI is InChI=1S/C19H17FN6O4S/c1-2-30-18-6-3-12(8-23-18)16-10-22-11-17(25-16)19(27)26-24-9-13-7-14(31(21,28)29)4-5-15(13)20/h3-11H,2H2,1H3,(H,26,27)(H2,21,28,29)/b24-9+. The molecule has 0 saturated carbocycles.